The van der Waals surface area contributed by atoms with Crippen molar-refractivity contribution in [2.75, 3.05) is 19.6 Å². The predicted octanol–water partition coefficient (Wildman–Crippen LogP) is 0.161. The zero-order chi connectivity index (χ0) is 14.5. The first kappa shape index (κ1) is 14.6. The molecule has 2 fully saturated rings. The zero-order valence-electron chi connectivity index (χ0n) is 11.4. The van der Waals surface area contributed by atoms with E-state index in [1.165, 1.54) is 0 Å². The molecule has 3 amide bonds. The number of amides is 3. The van der Waals surface area contributed by atoms with Crippen LogP contribution in [0.1, 0.15) is 32.1 Å². The van der Waals surface area contributed by atoms with Gasteiger partial charge in [0, 0.05) is 19.1 Å². The van der Waals surface area contributed by atoms with Gasteiger partial charge in [-0.3, -0.25) is 9.59 Å². The molecule has 1 aliphatic heterocycles. The molecule has 112 valence electrons. The van der Waals surface area contributed by atoms with Crippen LogP contribution in [0, 0.1) is 5.92 Å². The lowest BCUT2D eigenvalue weighted by Gasteiger charge is -2.19. The van der Waals surface area contributed by atoms with Crippen LogP contribution in [0.15, 0.2) is 0 Å². The van der Waals surface area contributed by atoms with Crippen molar-refractivity contribution < 1.29 is 19.5 Å². The molecular formula is C13H21N3O4. The lowest BCUT2D eigenvalue weighted by molar-refractivity contribution is -0.142. The maximum absolute atomic E-state index is 11.7. The van der Waals surface area contributed by atoms with Crippen molar-refractivity contribution in [1.29, 1.82) is 0 Å². The van der Waals surface area contributed by atoms with E-state index in [0.717, 1.165) is 32.4 Å². The van der Waals surface area contributed by atoms with Crippen molar-refractivity contribution in [1.82, 2.24) is 15.5 Å². The number of carboxylic acid groups (broad SMARTS) is 1. The van der Waals surface area contributed by atoms with Crippen LogP contribution in [-0.4, -0.2) is 53.6 Å². The Morgan fingerprint density at radius 3 is 2.45 bits per heavy atom. The first-order valence-corrected chi connectivity index (χ1v) is 7.13. The van der Waals surface area contributed by atoms with Gasteiger partial charge in [-0.05, 0) is 25.7 Å². The lowest BCUT2D eigenvalue weighted by Crippen LogP contribution is -2.48. The summed E-state index contributed by atoms with van der Waals surface area (Å²) in [5, 5.41) is 14.2. The standard InChI is InChI=1S/C13H21N3O4/c17-11(16-6-1-2-7-16)8-14-13(20)15-10-5-3-4-9(10)12(18)19/h9-10H,1-8H2,(H,18,19)(H2,14,15,20). The number of hydrogen-bond acceptors (Lipinski definition) is 3. The molecule has 0 aromatic rings. The first-order valence-electron chi connectivity index (χ1n) is 7.13. The second-order valence-corrected chi connectivity index (χ2v) is 5.40. The summed E-state index contributed by atoms with van der Waals surface area (Å²) in [6, 6.07) is -0.801. The predicted molar refractivity (Wildman–Crippen MR) is 71.1 cm³/mol. The number of nitrogens with zero attached hydrogens (tertiary/aromatic N) is 1. The third kappa shape index (κ3) is 3.61. The number of carboxylic acids is 1. The van der Waals surface area contributed by atoms with Gasteiger partial charge in [-0.25, -0.2) is 4.79 Å². The average Bonchev–Trinajstić information content (AvgIpc) is 3.06. The smallest absolute Gasteiger partial charge is 0.315 e. The van der Waals surface area contributed by atoms with Crippen molar-refractivity contribution in [3.63, 3.8) is 0 Å². The van der Waals surface area contributed by atoms with Crippen LogP contribution < -0.4 is 10.6 Å². The summed E-state index contributed by atoms with van der Waals surface area (Å²) < 4.78 is 0. The minimum atomic E-state index is -0.874. The quantitative estimate of drug-likeness (QED) is 0.684. The van der Waals surface area contributed by atoms with Gasteiger partial charge < -0.3 is 20.6 Å². The molecule has 1 saturated heterocycles. The van der Waals surface area contributed by atoms with Gasteiger partial charge in [0.05, 0.1) is 12.5 Å². The number of nitrogens with one attached hydrogen (secondary N) is 2. The lowest BCUT2D eigenvalue weighted by atomic mass is 10.0. The summed E-state index contributed by atoms with van der Waals surface area (Å²) in [5.74, 6) is -1.48. The van der Waals surface area contributed by atoms with E-state index < -0.39 is 17.9 Å². The molecule has 2 rings (SSSR count). The van der Waals surface area contributed by atoms with E-state index in [0.29, 0.717) is 12.8 Å². The van der Waals surface area contributed by atoms with Crippen molar-refractivity contribution >= 4 is 17.9 Å². The molecule has 20 heavy (non-hydrogen) atoms. The number of carbonyl (C=O) groups is 3. The molecule has 1 heterocycles. The maximum Gasteiger partial charge on any atom is 0.315 e. The van der Waals surface area contributed by atoms with Crippen molar-refractivity contribution in [3.05, 3.63) is 0 Å². The van der Waals surface area contributed by atoms with E-state index >= 15 is 0 Å². The van der Waals surface area contributed by atoms with Crippen LogP contribution in [0.25, 0.3) is 0 Å². The highest BCUT2D eigenvalue weighted by Crippen LogP contribution is 2.25. The van der Waals surface area contributed by atoms with Crippen molar-refractivity contribution in [2.24, 2.45) is 5.92 Å². The van der Waals surface area contributed by atoms with Gasteiger partial charge >= 0.3 is 12.0 Å². The summed E-state index contributed by atoms with van der Waals surface area (Å²) in [6.07, 6.45) is 4.09. The molecule has 3 N–H and O–H groups in total. The molecule has 2 unspecified atom stereocenters. The number of likely N-dealkylation sites (tertiary alicyclic amines) is 1. The molecule has 2 atom stereocenters. The highest BCUT2D eigenvalue weighted by molar-refractivity contribution is 5.84. The van der Waals surface area contributed by atoms with Gasteiger partial charge in [-0.15, -0.1) is 0 Å². The van der Waals surface area contributed by atoms with E-state index in [-0.39, 0.29) is 18.5 Å². The maximum atomic E-state index is 11.7. The summed E-state index contributed by atoms with van der Waals surface area (Å²) in [6.45, 7) is 1.48. The zero-order valence-corrected chi connectivity index (χ0v) is 11.4. The van der Waals surface area contributed by atoms with E-state index in [2.05, 4.69) is 10.6 Å². The monoisotopic (exact) mass is 283 g/mol. The molecular weight excluding hydrogens is 262 g/mol. The van der Waals surface area contributed by atoms with Gasteiger partial charge in [-0.1, -0.05) is 6.42 Å². The highest BCUT2D eigenvalue weighted by Gasteiger charge is 2.33. The fourth-order valence-corrected chi connectivity index (χ4v) is 2.88. The Morgan fingerprint density at radius 2 is 1.80 bits per heavy atom. The van der Waals surface area contributed by atoms with Crippen molar-refractivity contribution in [3.8, 4) is 0 Å². The van der Waals surface area contributed by atoms with Crippen LogP contribution in [0.4, 0.5) is 4.79 Å². The number of urea groups is 1. The summed E-state index contributed by atoms with van der Waals surface area (Å²) in [4.78, 5) is 36.2. The number of aliphatic carboxylic acids is 1. The third-order valence-corrected chi connectivity index (χ3v) is 4.01. The van der Waals surface area contributed by atoms with Gasteiger partial charge in [-0.2, -0.15) is 0 Å². The van der Waals surface area contributed by atoms with Gasteiger partial charge in [0.2, 0.25) is 5.91 Å². The van der Waals surface area contributed by atoms with E-state index in [4.69, 9.17) is 5.11 Å². The fourth-order valence-electron chi connectivity index (χ4n) is 2.88. The van der Waals surface area contributed by atoms with Gasteiger partial charge in [0.15, 0.2) is 0 Å². The van der Waals surface area contributed by atoms with E-state index in [1.807, 2.05) is 0 Å². The molecule has 0 aromatic carbocycles. The van der Waals surface area contributed by atoms with Crippen LogP contribution in [0.3, 0.4) is 0 Å². The molecule has 7 nitrogen and oxygen atoms in total. The van der Waals surface area contributed by atoms with Gasteiger partial charge in [0.1, 0.15) is 0 Å². The van der Waals surface area contributed by atoms with Crippen LogP contribution >= 0.6 is 0 Å². The fraction of sp³-hybridized carbons (Fsp3) is 0.769. The Bertz CT molecular complexity index is 393. The first-order chi connectivity index (χ1) is 9.58. The minimum Gasteiger partial charge on any atom is -0.481 e. The summed E-state index contributed by atoms with van der Waals surface area (Å²) >= 11 is 0. The highest BCUT2D eigenvalue weighted by atomic mass is 16.4. The minimum absolute atomic E-state index is 0.0315. The van der Waals surface area contributed by atoms with Crippen LogP contribution in [0.5, 0.6) is 0 Å². The normalized spacial score (nSPS) is 25.5. The molecule has 2 aliphatic rings. The topological polar surface area (TPSA) is 98.7 Å². The Morgan fingerprint density at radius 1 is 1.10 bits per heavy atom. The number of carbonyl (C=O) groups excluding carboxylic acids is 2. The Balaban J connectivity index is 1.72. The third-order valence-electron chi connectivity index (χ3n) is 4.01. The largest absolute Gasteiger partial charge is 0.481 e. The molecule has 1 saturated carbocycles. The van der Waals surface area contributed by atoms with Crippen LogP contribution in [-0.2, 0) is 9.59 Å². The summed E-state index contributed by atoms with van der Waals surface area (Å²) in [5.41, 5.74) is 0. The molecule has 0 aromatic heterocycles. The van der Waals surface area contributed by atoms with E-state index in [1.54, 1.807) is 4.90 Å². The Labute approximate surface area is 117 Å². The second kappa shape index (κ2) is 6.58. The molecule has 0 radical (unpaired) electrons. The van der Waals surface area contributed by atoms with Gasteiger partial charge in [0.25, 0.3) is 0 Å². The number of hydrogen-bond donors (Lipinski definition) is 3. The van der Waals surface area contributed by atoms with Crippen LogP contribution in [0.2, 0.25) is 0 Å². The molecule has 0 spiro atoms. The van der Waals surface area contributed by atoms with Crippen molar-refractivity contribution in [2.45, 2.75) is 38.1 Å². The van der Waals surface area contributed by atoms with E-state index in [9.17, 15) is 14.4 Å². The SMILES string of the molecule is O=C(NCC(=O)N1CCCC1)NC1CCCC1C(=O)O. The Hall–Kier alpha value is -1.79. The second-order valence-electron chi connectivity index (χ2n) is 5.40. The molecule has 7 heteroatoms. The molecule has 0 bridgehead atoms. The molecule has 1 aliphatic carbocycles. The number of rotatable bonds is 4. The Kier molecular flexibility index (Phi) is 4.81. The average molecular weight is 283 g/mol. The summed E-state index contributed by atoms with van der Waals surface area (Å²) in [7, 11) is 0.